The minimum atomic E-state index is -0.0226. The Bertz CT molecular complexity index is 833. The minimum Gasteiger partial charge on any atom is -0.378 e. The quantitative estimate of drug-likeness (QED) is 0.551. The van der Waals surface area contributed by atoms with Crippen molar-refractivity contribution in [1.82, 2.24) is 15.3 Å². The molecule has 0 unspecified atom stereocenters. The van der Waals surface area contributed by atoms with Gasteiger partial charge in [-0.25, -0.2) is 9.97 Å². The van der Waals surface area contributed by atoms with Gasteiger partial charge in [-0.1, -0.05) is 37.7 Å². The zero-order valence-corrected chi connectivity index (χ0v) is 18.5. The van der Waals surface area contributed by atoms with Crippen molar-refractivity contribution in [2.45, 2.75) is 38.6 Å². The maximum Gasteiger partial charge on any atom is 0.251 e. The fourth-order valence-corrected chi connectivity index (χ4v) is 3.88. The largest absolute Gasteiger partial charge is 0.378 e. The van der Waals surface area contributed by atoms with Crippen LogP contribution in [0, 0.1) is 19.8 Å². The van der Waals surface area contributed by atoms with Gasteiger partial charge in [0.25, 0.3) is 5.91 Å². The molecule has 1 saturated heterocycles. The summed E-state index contributed by atoms with van der Waals surface area (Å²) in [7, 11) is 0. The molecule has 1 N–H and O–H groups in total. The fraction of sp³-hybridized carbons (Fsp3) is 0.500. The van der Waals surface area contributed by atoms with E-state index in [0.29, 0.717) is 18.0 Å². The number of carbonyl (C=O) groups is 1. The van der Waals surface area contributed by atoms with E-state index in [2.05, 4.69) is 36.0 Å². The molecule has 1 fully saturated rings. The molecule has 6 nitrogen and oxygen atoms in total. The summed E-state index contributed by atoms with van der Waals surface area (Å²) in [6.07, 6.45) is 0. The van der Waals surface area contributed by atoms with Crippen LogP contribution in [-0.4, -0.2) is 48.7 Å². The van der Waals surface area contributed by atoms with E-state index in [0.717, 1.165) is 59.9 Å². The normalized spacial score (nSPS) is 14.3. The predicted octanol–water partition coefficient (Wildman–Crippen LogP) is 3.61. The van der Waals surface area contributed by atoms with E-state index in [9.17, 15) is 4.79 Å². The molecular formula is C22H30N4O2S. The molecular weight excluding hydrogens is 384 g/mol. The molecule has 2 aromatic rings. The Morgan fingerprint density at radius 3 is 2.52 bits per heavy atom. The zero-order valence-electron chi connectivity index (χ0n) is 17.7. The van der Waals surface area contributed by atoms with Gasteiger partial charge in [0, 0.05) is 42.2 Å². The van der Waals surface area contributed by atoms with Gasteiger partial charge in [-0.3, -0.25) is 4.79 Å². The maximum atomic E-state index is 12.1. The predicted molar refractivity (Wildman–Crippen MR) is 118 cm³/mol. The number of amides is 1. The Labute approximate surface area is 177 Å². The Morgan fingerprint density at radius 1 is 1.17 bits per heavy atom. The van der Waals surface area contributed by atoms with Gasteiger partial charge in [0.1, 0.15) is 5.82 Å². The van der Waals surface area contributed by atoms with Crippen LogP contribution in [0.3, 0.4) is 0 Å². The van der Waals surface area contributed by atoms with Gasteiger partial charge in [0.15, 0.2) is 5.16 Å². The van der Waals surface area contributed by atoms with Gasteiger partial charge in [-0.15, -0.1) is 0 Å². The third-order valence-electron chi connectivity index (χ3n) is 4.91. The van der Waals surface area contributed by atoms with Crippen molar-refractivity contribution >= 4 is 23.5 Å². The summed E-state index contributed by atoms with van der Waals surface area (Å²) in [5, 5.41) is 3.73. The second-order valence-electron chi connectivity index (χ2n) is 7.73. The van der Waals surface area contributed by atoms with Crippen LogP contribution in [0.5, 0.6) is 0 Å². The average Bonchev–Trinajstić information content (AvgIpc) is 2.73. The van der Waals surface area contributed by atoms with Crippen molar-refractivity contribution in [3.8, 4) is 0 Å². The first-order chi connectivity index (χ1) is 13.9. The number of anilines is 1. The molecule has 29 heavy (non-hydrogen) atoms. The van der Waals surface area contributed by atoms with E-state index >= 15 is 0 Å². The van der Waals surface area contributed by atoms with Crippen molar-refractivity contribution in [2.24, 2.45) is 5.92 Å². The number of rotatable bonds is 7. The summed E-state index contributed by atoms with van der Waals surface area (Å²) in [6.45, 7) is 12.2. The van der Waals surface area contributed by atoms with Crippen LogP contribution in [0.15, 0.2) is 29.4 Å². The standard InChI is InChI=1S/C22H30N4O2S/c1-15(2)13-23-21(27)19-7-5-18(6-8-19)14-29-22-24-17(4)16(3)20(25-22)26-9-11-28-12-10-26/h5-8,15H,9-14H2,1-4H3,(H,23,27). The van der Waals surface area contributed by atoms with Gasteiger partial charge in [0.2, 0.25) is 0 Å². The van der Waals surface area contributed by atoms with Gasteiger partial charge in [-0.05, 0) is 37.5 Å². The SMILES string of the molecule is Cc1nc(SCc2ccc(C(=O)NCC(C)C)cc2)nc(N2CCOCC2)c1C. The van der Waals surface area contributed by atoms with Gasteiger partial charge < -0.3 is 15.0 Å². The molecule has 1 aliphatic rings. The second kappa shape index (κ2) is 10.1. The smallest absolute Gasteiger partial charge is 0.251 e. The van der Waals surface area contributed by atoms with Crippen LogP contribution in [0.1, 0.15) is 41.0 Å². The Kier molecular flexibility index (Phi) is 7.50. The summed E-state index contributed by atoms with van der Waals surface area (Å²) in [5.74, 6) is 2.19. The molecule has 0 bridgehead atoms. The Hall–Kier alpha value is -2.12. The lowest BCUT2D eigenvalue weighted by Gasteiger charge is -2.29. The molecule has 0 saturated carbocycles. The fourth-order valence-electron chi connectivity index (χ4n) is 3.04. The van der Waals surface area contributed by atoms with E-state index < -0.39 is 0 Å². The van der Waals surface area contributed by atoms with Gasteiger partial charge in [-0.2, -0.15) is 0 Å². The lowest BCUT2D eigenvalue weighted by molar-refractivity contribution is 0.0949. The van der Waals surface area contributed by atoms with Crippen LogP contribution in [0.25, 0.3) is 0 Å². The van der Waals surface area contributed by atoms with E-state index in [4.69, 9.17) is 9.72 Å². The van der Waals surface area contributed by atoms with Crippen LogP contribution in [0.2, 0.25) is 0 Å². The summed E-state index contributed by atoms with van der Waals surface area (Å²) in [4.78, 5) is 23.9. The summed E-state index contributed by atoms with van der Waals surface area (Å²) in [5.41, 5.74) is 3.98. The van der Waals surface area contributed by atoms with Crippen molar-refractivity contribution in [1.29, 1.82) is 0 Å². The average molecular weight is 415 g/mol. The highest BCUT2D eigenvalue weighted by Gasteiger charge is 2.18. The van der Waals surface area contributed by atoms with Crippen LogP contribution in [-0.2, 0) is 10.5 Å². The Balaban J connectivity index is 1.63. The monoisotopic (exact) mass is 414 g/mol. The maximum absolute atomic E-state index is 12.1. The topological polar surface area (TPSA) is 67.4 Å². The molecule has 1 amide bonds. The number of hydrogen-bond acceptors (Lipinski definition) is 6. The molecule has 0 radical (unpaired) electrons. The van der Waals surface area contributed by atoms with Crippen molar-refractivity contribution in [3.63, 3.8) is 0 Å². The van der Waals surface area contributed by atoms with Crippen molar-refractivity contribution in [2.75, 3.05) is 37.7 Å². The highest BCUT2D eigenvalue weighted by molar-refractivity contribution is 7.98. The third kappa shape index (κ3) is 5.93. The lowest BCUT2D eigenvalue weighted by atomic mass is 10.1. The second-order valence-corrected chi connectivity index (χ2v) is 8.67. The number of ether oxygens (including phenoxy) is 1. The highest BCUT2D eigenvalue weighted by Crippen LogP contribution is 2.26. The summed E-state index contributed by atoms with van der Waals surface area (Å²) >= 11 is 1.62. The number of nitrogens with one attached hydrogen (secondary N) is 1. The molecule has 156 valence electrons. The van der Waals surface area contributed by atoms with Crippen LogP contribution in [0.4, 0.5) is 5.82 Å². The zero-order chi connectivity index (χ0) is 20.8. The van der Waals surface area contributed by atoms with Gasteiger partial charge >= 0.3 is 0 Å². The highest BCUT2D eigenvalue weighted by atomic mass is 32.2. The Morgan fingerprint density at radius 2 is 1.86 bits per heavy atom. The molecule has 1 aliphatic heterocycles. The molecule has 0 aliphatic carbocycles. The lowest BCUT2D eigenvalue weighted by Crippen LogP contribution is -2.37. The van der Waals surface area contributed by atoms with E-state index in [1.54, 1.807) is 11.8 Å². The van der Waals surface area contributed by atoms with Crippen LogP contribution < -0.4 is 10.2 Å². The first kappa shape index (κ1) is 21.6. The molecule has 2 heterocycles. The van der Waals surface area contributed by atoms with Crippen LogP contribution >= 0.6 is 11.8 Å². The first-order valence-corrected chi connectivity index (χ1v) is 11.1. The minimum absolute atomic E-state index is 0.0226. The molecule has 0 atom stereocenters. The summed E-state index contributed by atoms with van der Waals surface area (Å²) in [6, 6.07) is 7.76. The number of morpholine rings is 1. The van der Waals surface area contributed by atoms with E-state index in [-0.39, 0.29) is 5.91 Å². The number of nitrogens with zero attached hydrogens (tertiary/aromatic N) is 3. The summed E-state index contributed by atoms with van der Waals surface area (Å²) < 4.78 is 5.46. The molecule has 3 rings (SSSR count). The molecule has 0 spiro atoms. The number of carbonyl (C=O) groups excluding carboxylic acids is 1. The molecule has 7 heteroatoms. The number of hydrogen-bond donors (Lipinski definition) is 1. The number of benzene rings is 1. The van der Waals surface area contributed by atoms with Crippen molar-refractivity contribution < 1.29 is 9.53 Å². The number of thioether (sulfide) groups is 1. The number of aromatic nitrogens is 2. The molecule has 1 aromatic carbocycles. The van der Waals surface area contributed by atoms with Crippen molar-refractivity contribution in [3.05, 3.63) is 46.6 Å². The van der Waals surface area contributed by atoms with Gasteiger partial charge in [0.05, 0.1) is 13.2 Å². The first-order valence-electron chi connectivity index (χ1n) is 10.1. The number of aryl methyl sites for hydroxylation is 1. The third-order valence-corrected chi connectivity index (χ3v) is 5.83. The molecule has 1 aromatic heterocycles. The van der Waals surface area contributed by atoms with E-state index in [1.807, 2.05) is 31.2 Å². The van der Waals surface area contributed by atoms with E-state index in [1.165, 1.54) is 0 Å².